The van der Waals surface area contributed by atoms with Gasteiger partial charge in [0.05, 0.1) is 11.1 Å². The van der Waals surface area contributed by atoms with Crippen molar-refractivity contribution in [2.75, 3.05) is 26.2 Å². The van der Waals surface area contributed by atoms with Crippen molar-refractivity contribution in [2.24, 2.45) is 5.92 Å². The minimum atomic E-state index is -0.0575. The molecule has 1 aromatic carbocycles. The summed E-state index contributed by atoms with van der Waals surface area (Å²) < 4.78 is 0. The van der Waals surface area contributed by atoms with Crippen LogP contribution in [0.3, 0.4) is 0 Å². The van der Waals surface area contributed by atoms with Crippen LogP contribution in [-0.2, 0) is 6.42 Å². The Balaban J connectivity index is 0.000000216. The SMILES string of the molecule is CC(C)N1CC(C)(C)N(CCC2CCCCC2)C1=O.CC(C)N1CC(C)(C)N(CCCc2ccccc2)C1=O. The third kappa shape index (κ3) is 8.14. The minimum absolute atomic E-state index is 0.00395. The van der Waals surface area contributed by atoms with E-state index < -0.39 is 0 Å². The number of carbonyl (C=O) groups is 2. The summed E-state index contributed by atoms with van der Waals surface area (Å²) in [5.74, 6) is 0.852. The fourth-order valence-electron chi connectivity index (χ4n) is 6.44. The normalized spacial score (nSPS) is 21.3. The summed E-state index contributed by atoms with van der Waals surface area (Å²) in [5, 5.41) is 0. The van der Waals surface area contributed by atoms with Crippen LogP contribution in [0.25, 0.3) is 0 Å². The molecule has 2 saturated heterocycles. The summed E-state index contributed by atoms with van der Waals surface area (Å²) in [5.41, 5.74) is 1.28. The van der Waals surface area contributed by atoms with Gasteiger partial charge >= 0.3 is 12.1 Å². The lowest BCUT2D eigenvalue weighted by Gasteiger charge is -2.32. The quantitative estimate of drug-likeness (QED) is 0.327. The van der Waals surface area contributed by atoms with Crippen LogP contribution in [0.1, 0.15) is 106 Å². The molecule has 4 rings (SSSR count). The Hall–Kier alpha value is -2.24. The lowest BCUT2D eigenvalue weighted by molar-refractivity contribution is 0.159. The molecule has 2 heterocycles. The molecule has 0 radical (unpaired) electrons. The molecular weight excluding hydrogens is 484 g/mol. The number of aryl methyl sites for hydroxylation is 1. The summed E-state index contributed by atoms with van der Waals surface area (Å²) in [4.78, 5) is 33.1. The predicted octanol–water partition coefficient (Wildman–Crippen LogP) is 7.43. The van der Waals surface area contributed by atoms with E-state index in [4.69, 9.17) is 0 Å². The van der Waals surface area contributed by atoms with Gasteiger partial charge < -0.3 is 19.6 Å². The zero-order valence-corrected chi connectivity index (χ0v) is 26.2. The van der Waals surface area contributed by atoms with Gasteiger partial charge in [0.2, 0.25) is 0 Å². The summed E-state index contributed by atoms with van der Waals surface area (Å²) >= 11 is 0. The van der Waals surface area contributed by atoms with Crippen molar-refractivity contribution in [1.29, 1.82) is 0 Å². The molecule has 0 spiro atoms. The number of benzene rings is 1. The van der Waals surface area contributed by atoms with Crippen molar-refractivity contribution < 1.29 is 9.59 Å². The Morgan fingerprint density at radius 2 is 1.23 bits per heavy atom. The molecule has 3 fully saturated rings. The topological polar surface area (TPSA) is 47.1 Å². The molecular formula is C33H56N4O2. The Morgan fingerprint density at radius 1 is 0.744 bits per heavy atom. The van der Waals surface area contributed by atoms with Crippen molar-refractivity contribution in [3.8, 4) is 0 Å². The van der Waals surface area contributed by atoms with E-state index in [9.17, 15) is 9.59 Å². The van der Waals surface area contributed by atoms with E-state index in [0.717, 1.165) is 44.9 Å². The number of carbonyl (C=O) groups excluding carboxylic acids is 2. The summed E-state index contributed by atoms with van der Waals surface area (Å²) in [6, 6.07) is 11.5. The van der Waals surface area contributed by atoms with Gasteiger partial charge in [-0.3, -0.25) is 0 Å². The third-order valence-corrected chi connectivity index (χ3v) is 8.95. The molecule has 6 heteroatoms. The zero-order chi connectivity index (χ0) is 28.8. The number of hydrogen-bond acceptors (Lipinski definition) is 2. The van der Waals surface area contributed by atoms with Gasteiger partial charge in [-0.2, -0.15) is 0 Å². The highest BCUT2D eigenvalue weighted by atomic mass is 16.2. The summed E-state index contributed by atoms with van der Waals surface area (Å²) in [7, 11) is 0. The molecule has 1 aromatic rings. The van der Waals surface area contributed by atoms with Gasteiger partial charge in [-0.05, 0) is 86.1 Å². The van der Waals surface area contributed by atoms with Gasteiger partial charge in [0.25, 0.3) is 0 Å². The van der Waals surface area contributed by atoms with Crippen LogP contribution < -0.4 is 0 Å². The van der Waals surface area contributed by atoms with Crippen LogP contribution in [0, 0.1) is 5.92 Å². The second-order valence-electron chi connectivity index (χ2n) is 13.8. The van der Waals surface area contributed by atoms with E-state index in [2.05, 4.69) is 84.6 Å². The Kier molecular flexibility index (Phi) is 10.8. The van der Waals surface area contributed by atoms with E-state index in [-0.39, 0.29) is 29.2 Å². The molecule has 3 aliphatic rings. The van der Waals surface area contributed by atoms with E-state index in [1.54, 1.807) is 0 Å². The molecule has 0 N–H and O–H groups in total. The van der Waals surface area contributed by atoms with E-state index in [1.165, 1.54) is 44.1 Å². The van der Waals surface area contributed by atoms with Gasteiger partial charge in [0.15, 0.2) is 0 Å². The monoisotopic (exact) mass is 540 g/mol. The minimum Gasteiger partial charge on any atom is -0.320 e. The summed E-state index contributed by atoms with van der Waals surface area (Å²) in [6.45, 7) is 20.6. The van der Waals surface area contributed by atoms with Crippen molar-refractivity contribution >= 4 is 12.1 Å². The molecule has 0 atom stereocenters. The molecule has 4 amide bonds. The van der Waals surface area contributed by atoms with Crippen molar-refractivity contribution in [3.05, 3.63) is 35.9 Å². The largest absolute Gasteiger partial charge is 0.320 e. The smallest absolute Gasteiger partial charge is 0.320 e. The van der Waals surface area contributed by atoms with Crippen molar-refractivity contribution in [2.45, 2.75) is 130 Å². The standard InChI is InChI=1S/C17H26N2O.C16H30N2O/c1-14(2)18-13-17(3,4)19(16(18)20)12-8-11-15-9-6-5-7-10-15;1-13(2)17-12-16(3,4)18(15(17)19)11-10-14-8-6-5-7-9-14/h5-7,9-10,14H,8,11-13H2,1-4H3;13-14H,5-12H2,1-4H3. The van der Waals surface area contributed by atoms with Crippen molar-refractivity contribution in [1.82, 2.24) is 19.6 Å². The average molecular weight is 541 g/mol. The molecule has 0 unspecified atom stereocenters. The number of hydrogen-bond donors (Lipinski definition) is 0. The van der Waals surface area contributed by atoms with Gasteiger partial charge in [-0.1, -0.05) is 62.4 Å². The summed E-state index contributed by atoms with van der Waals surface area (Å²) in [6.07, 6.45) is 10.2. The second kappa shape index (κ2) is 13.4. The van der Waals surface area contributed by atoms with Crippen molar-refractivity contribution in [3.63, 3.8) is 0 Å². The predicted molar refractivity (Wildman–Crippen MR) is 162 cm³/mol. The lowest BCUT2D eigenvalue weighted by Crippen LogP contribution is -2.43. The maximum absolute atomic E-state index is 12.5. The maximum Gasteiger partial charge on any atom is 0.320 e. The number of rotatable bonds is 9. The Bertz CT molecular complexity index is 921. The first-order chi connectivity index (χ1) is 18.3. The van der Waals surface area contributed by atoms with Crippen LogP contribution in [0.2, 0.25) is 0 Å². The third-order valence-electron chi connectivity index (χ3n) is 8.95. The molecule has 6 nitrogen and oxygen atoms in total. The van der Waals surface area contributed by atoms with Crippen LogP contribution in [0.4, 0.5) is 9.59 Å². The van der Waals surface area contributed by atoms with E-state index in [1.807, 2.05) is 20.8 Å². The van der Waals surface area contributed by atoms with Gasteiger partial charge in [-0.15, -0.1) is 0 Å². The highest BCUT2D eigenvalue weighted by Crippen LogP contribution is 2.31. The second-order valence-corrected chi connectivity index (χ2v) is 13.8. The fraction of sp³-hybridized carbons (Fsp3) is 0.758. The van der Waals surface area contributed by atoms with Crippen LogP contribution >= 0.6 is 0 Å². The highest BCUT2D eigenvalue weighted by molar-refractivity contribution is 5.78. The molecule has 2 aliphatic heterocycles. The molecule has 1 saturated carbocycles. The first-order valence-corrected chi connectivity index (χ1v) is 15.5. The van der Waals surface area contributed by atoms with Crippen LogP contribution in [0.15, 0.2) is 30.3 Å². The first-order valence-electron chi connectivity index (χ1n) is 15.5. The Morgan fingerprint density at radius 3 is 1.69 bits per heavy atom. The van der Waals surface area contributed by atoms with E-state index in [0.29, 0.717) is 6.04 Å². The molecule has 220 valence electrons. The fourth-order valence-corrected chi connectivity index (χ4v) is 6.44. The first kappa shape index (κ1) is 31.3. The number of nitrogens with zero attached hydrogens (tertiary/aromatic N) is 4. The number of urea groups is 2. The molecule has 0 bridgehead atoms. The lowest BCUT2D eigenvalue weighted by atomic mass is 9.86. The van der Waals surface area contributed by atoms with Gasteiger partial charge in [0, 0.05) is 38.3 Å². The van der Waals surface area contributed by atoms with Crippen LogP contribution in [0.5, 0.6) is 0 Å². The molecule has 1 aliphatic carbocycles. The average Bonchev–Trinajstić information content (AvgIpc) is 3.27. The van der Waals surface area contributed by atoms with Gasteiger partial charge in [-0.25, -0.2) is 9.59 Å². The van der Waals surface area contributed by atoms with E-state index >= 15 is 0 Å². The van der Waals surface area contributed by atoms with Gasteiger partial charge in [0.1, 0.15) is 0 Å². The highest BCUT2D eigenvalue weighted by Gasteiger charge is 2.44. The Labute approximate surface area is 239 Å². The number of amides is 4. The molecule has 39 heavy (non-hydrogen) atoms. The maximum atomic E-state index is 12.5. The zero-order valence-electron chi connectivity index (χ0n) is 26.2. The molecule has 0 aromatic heterocycles. The van der Waals surface area contributed by atoms with Crippen LogP contribution in [-0.4, -0.2) is 81.0 Å².